The molecule has 2 aromatic carbocycles. The number of nitrogens with zero attached hydrogens (tertiary/aromatic N) is 3. The molecule has 0 aliphatic carbocycles. The lowest BCUT2D eigenvalue weighted by atomic mass is 10.1. The molecule has 0 fully saturated rings. The molecule has 0 saturated carbocycles. The van der Waals surface area contributed by atoms with Gasteiger partial charge in [0.25, 0.3) is 0 Å². The summed E-state index contributed by atoms with van der Waals surface area (Å²) < 4.78 is 39.8. The molecule has 1 aromatic heterocycles. The van der Waals surface area contributed by atoms with E-state index < -0.39 is 11.7 Å². The number of anilines is 4. The van der Waals surface area contributed by atoms with Gasteiger partial charge in [0, 0.05) is 23.5 Å². The Bertz CT molecular complexity index is 991. The minimum absolute atomic E-state index is 0.0184. The molecule has 4 rings (SSSR count). The van der Waals surface area contributed by atoms with Crippen molar-refractivity contribution in [2.75, 3.05) is 16.8 Å². The largest absolute Gasteiger partial charge is 0.418 e. The molecule has 0 atom stereocenters. The molecule has 8 heteroatoms. The zero-order chi connectivity index (χ0) is 19.0. The van der Waals surface area contributed by atoms with E-state index in [1.165, 1.54) is 30.0 Å². The highest BCUT2D eigenvalue weighted by Gasteiger charge is 2.34. The molecule has 3 aromatic rings. The summed E-state index contributed by atoms with van der Waals surface area (Å²) in [6.07, 6.45) is -2.14. The fraction of sp³-hybridized carbons (Fsp3) is 0.158. The number of hydrogen-bond acceptors (Lipinski definition) is 4. The van der Waals surface area contributed by atoms with E-state index in [0.717, 1.165) is 24.7 Å². The highest BCUT2D eigenvalue weighted by atomic mass is 35.5. The molecular formula is C19H14ClF3N4. The second kappa shape index (κ2) is 6.74. The van der Waals surface area contributed by atoms with Crippen LogP contribution in [0.2, 0.25) is 5.02 Å². The summed E-state index contributed by atoms with van der Waals surface area (Å²) >= 11 is 5.72. The average Bonchev–Trinajstić information content (AvgIpc) is 3.07. The van der Waals surface area contributed by atoms with Gasteiger partial charge in [-0.15, -0.1) is 0 Å². The first kappa shape index (κ1) is 17.6. The minimum atomic E-state index is -4.53. The van der Waals surface area contributed by atoms with Gasteiger partial charge in [-0.1, -0.05) is 29.8 Å². The highest BCUT2D eigenvalue weighted by molar-refractivity contribution is 6.30. The summed E-state index contributed by atoms with van der Waals surface area (Å²) in [6, 6.07) is 13.0. The Labute approximate surface area is 158 Å². The molecule has 1 aliphatic heterocycles. The SMILES string of the molecule is FC(F)(F)c1cc(Cl)ccc1Nc1ccnc(N2CCc3ccccc32)n1. The molecule has 138 valence electrons. The summed E-state index contributed by atoms with van der Waals surface area (Å²) in [4.78, 5) is 10.6. The summed E-state index contributed by atoms with van der Waals surface area (Å²) in [6.45, 7) is 0.720. The van der Waals surface area contributed by atoms with E-state index in [9.17, 15) is 13.2 Å². The van der Waals surface area contributed by atoms with Gasteiger partial charge in [0.15, 0.2) is 0 Å². The minimum Gasteiger partial charge on any atom is -0.340 e. The number of nitrogens with one attached hydrogen (secondary N) is 1. The fourth-order valence-corrected chi connectivity index (χ4v) is 3.26. The molecule has 0 unspecified atom stereocenters. The van der Waals surface area contributed by atoms with Crippen molar-refractivity contribution >= 4 is 34.7 Å². The van der Waals surface area contributed by atoms with Gasteiger partial charge in [-0.05, 0) is 42.3 Å². The van der Waals surface area contributed by atoms with Gasteiger partial charge in [0.1, 0.15) is 5.82 Å². The molecule has 1 aliphatic rings. The molecule has 4 nitrogen and oxygen atoms in total. The molecule has 0 saturated heterocycles. The second-order valence-electron chi connectivity index (χ2n) is 6.08. The van der Waals surface area contributed by atoms with Crippen LogP contribution in [0.5, 0.6) is 0 Å². The third-order valence-electron chi connectivity index (χ3n) is 4.32. The molecule has 0 radical (unpaired) electrons. The first-order valence-electron chi connectivity index (χ1n) is 8.24. The van der Waals surface area contributed by atoms with Crippen LogP contribution in [-0.4, -0.2) is 16.5 Å². The van der Waals surface area contributed by atoms with Crippen molar-refractivity contribution in [3.05, 3.63) is 70.9 Å². The zero-order valence-corrected chi connectivity index (χ0v) is 14.7. The number of halogens is 4. The molecule has 2 heterocycles. The van der Waals surface area contributed by atoms with Crippen molar-refractivity contribution in [2.45, 2.75) is 12.6 Å². The maximum atomic E-state index is 13.3. The highest BCUT2D eigenvalue weighted by Crippen LogP contribution is 2.38. The first-order valence-corrected chi connectivity index (χ1v) is 8.62. The molecule has 0 amide bonds. The van der Waals surface area contributed by atoms with Crippen LogP contribution in [0.3, 0.4) is 0 Å². The molecule has 0 bridgehead atoms. The van der Waals surface area contributed by atoms with E-state index in [1.807, 2.05) is 29.2 Å². The summed E-state index contributed by atoms with van der Waals surface area (Å²) in [5.74, 6) is 0.713. The second-order valence-corrected chi connectivity index (χ2v) is 6.52. The summed E-state index contributed by atoms with van der Waals surface area (Å²) in [7, 11) is 0. The number of fused-ring (bicyclic) bond motifs is 1. The predicted octanol–water partition coefficient (Wildman–Crippen LogP) is 5.59. The monoisotopic (exact) mass is 390 g/mol. The van der Waals surface area contributed by atoms with Crippen molar-refractivity contribution < 1.29 is 13.2 Å². The quantitative estimate of drug-likeness (QED) is 0.633. The number of rotatable bonds is 3. The van der Waals surface area contributed by atoms with Crippen LogP contribution in [0.25, 0.3) is 0 Å². The Hall–Kier alpha value is -2.80. The lowest BCUT2D eigenvalue weighted by molar-refractivity contribution is -0.136. The van der Waals surface area contributed by atoms with Crippen molar-refractivity contribution in [1.82, 2.24) is 9.97 Å². The number of hydrogen-bond donors (Lipinski definition) is 1. The average molecular weight is 391 g/mol. The summed E-state index contributed by atoms with van der Waals surface area (Å²) in [5.41, 5.74) is 1.24. The molecular weight excluding hydrogens is 377 g/mol. The van der Waals surface area contributed by atoms with Gasteiger partial charge >= 0.3 is 6.18 Å². The number of alkyl halides is 3. The van der Waals surface area contributed by atoms with Crippen LogP contribution in [-0.2, 0) is 12.6 Å². The van der Waals surface area contributed by atoms with Crippen molar-refractivity contribution in [1.29, 1.82) is 0 Å². The van der Waals surface area contributed by atoms with Crippen LogP contribution in [0.4, 0.5) is 36.3 Å². The van der Waals surface area contributed by atoms with Gasteiger partial charge in [-0.2, -0.15) is 18.2 Å². The van der Waals surface area contributed by atoms with E-state index in [4.69, 9.17) is 11.6 Å². The Balaban J connectivity index is 1.66. The third kappa shape index (κ3) is 3.55. The Kier molecular flexibility index (Phi) is 4.39. The van der Waals surface area contributed by atoms with E-state index in [0.29, 0.717) is 5.95 Å². The third-order valence-corrected chi connectivity index (χ3v) is 4.56. The van der Waals surface area contributed by atoms with Crippen LogP contribution in [0.1, 0.15) is 11.1 Å². The smallest absolute Gasteiger partial charge is 0.340 e. The van der Waals surface area contributed by atoms with Crippen molar-refractivity contribution in [3.8, 4) is 0 Å². The van der Waals surface area contributed by atoms with Gasteiger partial charge in [0.05, 0.1) is 11.3 Å². The maximum absolute atomic E-state index is 13.3. The van der Waals surface area contributed by atoms with Gasteiger partial charge in [0.2, 0.25) is 5.95 Å². The lowest BCUT2D eigenvalue weighted by Crippen LogP contribution is -2.17. The van der Waals surface area contributed by atoms with Crippen LogP contribution in [0.15, 0.2) is 54.7 Å². The van der Waals surface area contributed by atoms with Gasteiger partial charge in [-0.25, -0.2) is 4.98 Å². The van der Waals surface area contributed by atoms with E-state index in [1.54, 1.807) is 0 Å². The zero-order valence-electron chi connectivity index (χ0n) is 14.0. The maximum Gasteiger partial charge on any atom is 0.418 e. The first-order chi connectivity index (χ1) is 12.9. The standard InChI is InChI=1S/C19H14ClF3N4/c20-13-5-6-15(14(11-13)19(21,22)23)25-17-7-9-24-18(26-17)27-10-8-12-3-1-2-4-16(12)27/h1-7,9,11H,8,10H2,(H,24,25,26). The van der Waals surface area contributed by atoms with Crippen LogP contribution >= 0.6 is 11.6 Å². The van der Waals surface area contributed by atoms with E-state index >= 15 is 0 Å². The van der Waals surface area contributed by atoms with Gasteiger partial charge in [-0.3, -0.25) is 0 Å². The lowest BCUT2D eigenvalue weighted by Gasteiger charge is -2.18. The Morgan fingerprint density at radius 1 is 1.07 bits per heavy atom. The topological polar surface area (TPSA) is 41.1 Å². The predicted molar refractivity (Wildman–Crippen MR) is 98.9 cm³/mol. The van der Waals surface area contributed by atoms with Crippen molar-refractivity contribution in [2.24, 2.45) is 0 Å². The molecule has 1 N–H and O–H groups in total. The number of benzene rings is 2. The van der Waals surface area contributed by atoms with E-state index in [-0.39, 0.29) is 16.5 Å². The van der Waals surface area contributed by atoms with Crippen LogP contribution in [0, 0.1) is 0 Å². The number of para-hydroxylation sites is 1. The number of aromatic nitrogens is 2. The van der Waals surface area contributed by atoms with E-state index in [2.05, 4.69) is 15.3 Å². The van der Waals surface area contributed by atoms with Gasteiger partial charge < -0.3 is 10.2 Å². The Morgan fingerprint density at radius 3 is 2.70 bits per heavy atom. The molecule has 0 spiro atoms. The molecule has 27 heavy (non-hydrogen) atoms. The normalized spacial score (nSPS) is 13.6. The van der Waals surface area contributed by atoms with Crippen molar-refractivity contribution in [3.63, 3.8) is 0 Å². The Morgan fingerprint density at radius 2 is 1.89 bits per heavy atom. The summed E-state index contributed by atoms with van der Waals surface area (Å²) in [5, 5.41) is 2.76. The van der Waals surface area contributed by atoms with Crippen LogP contribution < -0.4 is 10.2 Å². The fourth-order valence-electron chi connectivity index (χ4n) is 3.09.